The Morgan fingerprint density at radius 3 is 2.72 bits per heavy atom. The Morgan fingerprint density at radius 1 is 1.40 bits per heavy atom. The molecule has 0 fully saturated rings. The predicted octanol–water partition coefficient (Wildman–Crippen LogP) is 2.53. The van der Waals surface area contributed by atoms with E-state index in [2.05, 4.69) is 16.9 Å². The first-order chi connectivity index (χ1) is 11.8. The molecule has 2 rings (SSSR count). The molecule has 0 spiro atoms. The quantitative estimate of drug-likeness (QED) is 0.619. The van der Waals surface area contributed by atoms with Crippen LogP contribution in [0.1, 0.15) is 18.9 Å². The first-order valence-corrected chi connectivity index (χ1v) is 7.64. The summed E-state index contributed by atoms with van der Waals surface area (Å²) in [4.78, 5) is 38.7. The van der Waals surface area contributed by atoms with Crippen LogP contribution in [0.25, 0.3) is 11.0 Å². The van der Waals surface area contributed by atoms with Gasteiger partial charge in [0.05, 0.1) is 0 Å². The van der Waals surface area contributed by atoms with E-state index in [1.54, 1.807) is 26.0 Å². The number of carbonyl (C=O) groups excluding carboxylic acids is 1. The van der Waals surface area contributed by atoms with Crippen molar-refractivity contribution >= 4 is 34.2 Å². The first kappa shape index (κ1) is 18.1. The number of fused-ring (bicyclic) bond motifs is 1. The van der Waals surface area contributed by atoms with E-state index in [1.165, 1.54) is 18.2 Å². The Bertz CT molecular complexity index is 927. The maximum Gasteiger partial charge on any atom is 0.336 e. The van der Waals surface area contributed by atoms with Crippen LogP contribution in [0.15, 0.2) is 51.1 Å². The van der Waals surface area contributed by atoms with E-state index >= 15 is 0 Å². The number of hydrogen-bond donors (Lipinski definition) is 2. The second-order valence-electron chi connectivity index (χ2n) is 5.39. The van der Waals surface area contributed by atoms with Gasteiger partial charge in [-0.05, 0) is 37.1 Å². The molecule has 25 heavy (non-hydrogen) atoms. The summed E-state index contributed by atoms with van der Waals surface area (Å²) in [5.74, 6) is -1.71. The summed E-state index contributed by atoms with van der Waals surface area (Å²) < 4.78 is 5.13. The SMILES string of the molecule is C=CC(=NC(CC)C(=O)O)C(=O)Nc1ccc2c(C)cc(=O)oc2c1. The number of aryl methyl sites for hydroxylation is 1. The van der Waals surface area contributed by atoms with Crippen LogP contribution >= 0.6 is 0 Å². The van der Waals surface area contributed by atoms with Gasteiger partial charge in [-0.25, -0.2) is 9.59 Å². The largest absolute Gasteiger partial charge is 0.480 e. The Kier molecular flexibility index (Phi) is 5.49. The summed E-state index contributed by atoms with van der Waals surface area (Å²) in [6.07, 6.45) is 1.45. The smallest absolute Gasteiger partial charge is 0.336 e. The molecule has 0 saturated carbocycles. The van der Waals surface area contributed by atoms with Gasteiger partial charge in [0.25, 0.3) is 5.91 Å². The van der Waals surface area contributed by atoms with Crippen molar-refractivity contribution < 1.29 is 19.1 Å². The fraction of sp³-hybridized carbons (Fsp3) is 0.222. The van der Waals surface area contributed by atoms with Gasteiger partial charge in [0.1, 0.15) is 17.3 Å². The van der Waals surface area contributed by atoms with Crippen molar-refractivity contribution in [2.24, 2.45) is 4.99 Å². The number of nitrogens with zero attached hydrogens (tertiary/aromatic N) is 1. The molecule has 7 nitrogen and oxygen atoms in total. The standard InChI is InChI=1S/C18H18N2O5/c1-4-13(20-14(5-2)18(23)24)17(22)19-11-6-7-12-10(3)8-16(21)25-15(12)9-11/h4,6-9,14H,1,5H2,2-3H3,(H,19,22)(H,23,24). The number of carbonyl (C=O) groups is 2. The van der Waals surface area contributed by atoms with Gasteiger partial charge in [-0.2, -0.15) is 0 Å². The zero-order valence-electron chi connectivity index (χ0n) is 13.9. The third-order valence-electron chi connectivity index (χ3n) is 3.60. The van der Waals surface area contributed by atoms with Gasteiger partial charge in [0, 0.05) is 23.2 Å². The normalized spacial score (nSPS) is 12.6. The topological polar surface area (TPSA) is 109 Å². The van der Waals surface area contributed by atoms with Crippen LogP contribution in [-0.4, -0.2) is 28.7 Å². The fourth-order valence-corrected chi connectivity index (χ4v) is 2.29. The lowest BCUT2D eigenvalue weighted by atomic mass is 10.1. The number of carboxylic acids is 1. The van der Waals surface area contributed by atoms with Crippen molar-refractivity contribution in [1.29, 1.82) is 0 Å². The average Bonchev–Trinajstić information content (AvgIpc) is 2.54. The van der Waals surface area contributed by atoms with Gasteiger partial charge in [-0.1, -0.05) is 13.5 Å². The van der Waals surface area contributed by atoms with Crippen LogP contribution in [0, 0.1) is 6.92 Å². The molecule has 7 heteroatoms. The molecule has 0 aliphatic rings. The second-order valence-corrected chi connectivity index (χ2v) is 5.39. The molecule has 2 N–H and O–H groups in total. The highest BCUT2D eigenvalue weighted by molar-refractivity contribution is 6.47. The van der Waals surface area contributed by atoms with Crippen molar-refractivity contribution in [2.75, 3.05) is 5.32 Å². The monoisotopic (exact) mass is 342 g/mol. The minimum Gasteiger partial charge on any atom is -0.480 e. The van der Waals surface area contributed by atoms with Gasteiger partial charge < -0.3 is 14.8 Å². The number of rotatable bonds is 6. The van der Waals surface area contributed by atoms with Crippen molar-refractivity contribution in [2.45, 2.75) is 26.3 Å². The molecule has 0 radical (unpaired) electrons. The highest BCUT2D eigenvalue weighted by atomic mass is 16.4. The minimum atomic E-state index is -1.11. The number of hydrogen-bond acceptors (Lipinski definition) is 5. The van der Waals surface area contributed by atoms with Crippen LogP contribution < -0.4 is 10.9 Å². The minimum absolute atomic E-state index is 0.0833. The van der Waals surface area contributed by atoms with Crippen molar-refractivity contribution in [3.63, 3.8) is 0 Å². The maximum atomic E-state index is 12.3. The predicted molar refractivity (Wildman–Crippen MR) is 95.2 cm³/mol. The van der Waals surface area contributed by atoms with Gasteiger partial charge in [0.15, 0.2) is 0 Å². The van der Waals surface area contributed by atoms with Crippen molar-refractivity contribution in [1.82, 2.24) is 0 Å². The fourth-order valence-electron chi connectivity index (χ4n) is 2.29. The number of aliphatic imine (C=N–C) groups is 1. The molecule has 0 aliphatic heterocycles. The number of anilines is 1. The molecule has 1 atom stereocenters. The zero-order valence-corrected chi connectivity index (χ0v) is 13.9. The third-order valence-corrected chi connectivity index (χ3v) is 3.60. The van der Waals surface area contributed by atoms with E-state index in [1.807, 2.05) is 0 Å². The summed E-state index contributed by atoms with van der Waals surface area (Å²) in [5.41, 5.74) is 0.944. The van der Waals surface area contributed by atoms with E-state index in [4.69, 9.17) is 9.52 Å². The molecule has 1 heterocycles. The lowest BCUT2D eigenvalue weighted by molar-refractivity contribution is -0.138. The van der Waals surface area contributed by atoms with Crippen LogP contribution in [0.4, 0.5) is 5.69 Å². The van der Waals surface area contributed by atoms with Gasteiger partial charge >= 0.3 is 11.6 Å². The molecule has 1 aromatic heterocycles. The summed E-state index contributed by atoms with van der Waals surface area (Å²) in [7, 11) is 0. The van der Waals surface area contributed by atoms with Crippen molar-refractivity contribution in [3.8, 4) is 0 Å². The Hall–Kier alpha value is -3.22. The summed E-state index contributed by atoms with van der Waals surface area (Å²) in [6, 6.07) is 5.27. The van der Waals surface area contributed by atoms with Gasteiger partial charge in [0.2, 0.25) is 0 Å². The molecule has 0 aliphatic carbocycles. The molecule has 2 aromatic rings. The highest BCUT2D eigenvalue weighted by Crippen LogP contribution is 2.20. The summed E-state index contributed by atoms with van der Waals surface area (Å²) >= 11 is 0. The third kappa shape index (κ3) is 4.20. The Morgan fingerprint density at radius 2 is 2.12 bits per heavy atom. The van der Waals surface area contributed by atoms with E-state index < -0.39 is 23.5 Å². The number of benzene rings is 1. The first-order valence-electron chi connectivity index (χ1n) is 7.64. The molecule has 1 unspecified atom stereocenters. The highest BCUT2D eigenvalue weighted by Gasteiger charge is 2.17. The van der Waals surface area contributed by atoms with Crippen LogP contribution in [0.3, 0.4) is 0 Å². The molecule has 130 valence electrons. The molecule has 1 amide bonds. The van der Waals surface area contributed by atoms with E-state index in [9.17, 15) is 14.4 Å². The van der Waals surface area contributed by atoms with E-state index in [0.29, 0.717) is 11.3 Å². The van der Waals surface area contributed by atoms with Crippen molar-refractivity contribution in [3.05, 3.63) is 52.9 Å². The van der Waals surface area contributed by atoms with Gasteiger partial charge in [-0.3, -0.25) is 9.79 Å². The van der Waals surface area contributed by atoms with Crippen LogP contribution in [0.2, 0.25) is 0 Å². The van der Waals surface area contributed by atoms with E-state index in [0.717, 1.165) is 10.9 Å². The number of carboxylic acid groups (broad SMARTS) is 1. The van der Waals surface area contributed by atoms with E-state index in [-0.39, 0.29) is 12.1 Å². The number of nitrogens with one attached hydrogen (secondary N) is 1. The van der Waals surface area contributed by atoms with Gasteiger partial charge in [-0.15, -0.1) is 0 Å². The summed E-state index contributed by atoms with van der Waals surface area (Å²) in [5, 5.41) is 12.4. The molecule has 0 saturated heterocycles. The lowest BCUT2D eigenvalue weighted by Crippen LogP contribution is -2.26. The lowest BCUT2D eigenvalue weighted by Gasteiger charge is -2.09. The van der Waals surface area contributed by atoms with Crippen LogP contribution in [-0.2, 0) is 9.59 Å². The number of amides is 1. The molecular weight excluding hydrogens is 324 g/mol. The van der Waals surface area contributed by atoms with Crippen LogP contribution in [0.5, 0.6) is 0 Å². The average molecular weight is 342 g/mol. The molecular formula is C18H18N2O5. The second kappa shape index (κ2) is 7.57. The molecule has 1 aromatic carbocycles. The molecule has 0 bridgehead atoms. The Balaban J connectivity index is 2.31. The number of aliphatic carboxylic acids is 1. The zero-order chi connectivity index (χ0) is 18.6. The summed E-state index contributed by atoms with van der Waals surface area (Å²) in [6.45, 7) is 6.95. The Labute approximate surface area is 143 Å². The maximum absolute atomic E-state index is 12.3.